The molecule has 0 unspecified atom stereocenters. The van der Waals surface area contributed by atoms with Crippen molar-refractivity contribution in [2.75, 3.05) is 26.2 Å². The predicted molar refractivity (Wildman–Crippen MR) is 62.2 cm³/mol. The molecule has 0 radical (unpaired) electrons. The molecule has 88 valence electrons. The Balaban J connectivity index is 1.71. The number of benzene rings is 1. The third kappa shape index (κ3) is 3.49. The first kappa shape index (κ1) is 11.4. The lowest BCUT2D eigenvalue weighted by Gasteiger charge is -2.26. The second-order valence-electron chi connectivity index (χ2n) is 4.21. The van der Waals surface area contributed by atoms with E-state index in [4.69, 9.17) is 4.74 Å². The SMILES string of the molecule is Fc1cccc(OCCN2CCCCC2)c1. The highest BCUT2D eigenvalue weighted by molar-refractivity contribution is 5.22. The lowest BCUT2D eigenvalue weighted by atomic mass is 10.1. The van der Waals surface area contributed by atoms with E-state index in [0.717, 1.165) is 6.54 Å². The Bertz CT molecular complexity index is 323. The Labute approximate surface area is 96.0 Å². The maximum Gasteiger partial charge on any atom is 0.126 e. The summed E-state index contributed by atoms with van der Waals surface area (Å²) in [7, 11) is 0. The van der Waals surface area contributed by atoms with Gasteiger partial charge in [-0.1, -0.05) is 12.5 Å². The first-order chi connectivity index (χ1) is 7.84. The molecule has 1 aliphatic heterocycles. The first-order valence-corrected chi connectivity index (χ1v) is 5.95. The summed E-state index contributed by atoms with van der Waals surface area (Å²) in [6.45, 7) is 3.93. The molecule has 1 aliphatic rings. The molecule has 0 spiro atoms. The number of ether oxygens (including phenoxy) is 1. The second-order valence-corrected chi connectivity index (χ2v) is 4.21. The highest BCUT2D eigenvalue weighted by Crippen LogP contribution is 2.12. The highest BCUT2D eigenvalue weighted by Gasteiger charge is 2.09. The van der Waals surface area contributed by atoms with Crippen LogP contribution in [-0.2, 0) is 0 Å². The quantitative estimate of drug-likeness (QED) is 0.778. The summed E-state index contributed by atoms with van der Waals surface area (Å²) in [5.74, 6) is 0.382. The fourth-order valence-electron chi connectivity index (χ4n) is 2.03. The summed E-state index contributed by atoms with van der Waals surface area (Å²) in [5, 5.41) is 0. The highest BCUT2D eigenvalue weighted by atomic mass is 19.1. The normalized spacial score (nSPS) is 17.3. The van der Waals surface area contributed by atoms with Crippen LogP contribution in [0.3, 0.4) is 0 Å². The lowest BCUT2D eigenvalue weighted by molar-refractivity contribution is 0.183. The first-order valence-electron chi connectivity index (χ1n) is 5.95. The van der Waals surface area contributed by atoms with Crippen LogP contribution in [-0.4, -0.2) is 31.1 Å². The molecule has 0 amide bonds. The molecule has 0 N–H and O–H groups in total. The molecule has 3 heteroatoms. The largest absolute Gasteiger partial charge is 0.492 e. The van der Waals surface area contributed by atoms with E-state index in [1.165, 1.54) is 44.5 Å². The van der Waals surface area contributed by atoms with Crippen molar-refractivity contribution < 1.29 is 9.13 Å². The average molecular weight is 223 g/mol. The van der Waals surface area contributed by atoms with Gasteiger partial charge in [0.2, 0.25) is 0 Å². The zero-order valence-electron chi connectivity index (χ0n) is 9.49. The number of halogens is 1. The number of likely N-dealkylation sites (tertiary alicyclic amines) is 1. The standard InChI is InChI=1S/C13H18FNO/c14-12-5-4-6-13(11-12)16-10-9-15-7-2-1-3-8-15/h4-6,11H,1-3,7-10H2. The summed E-state index contributed by atoms with van der Waals surface area (Å²) in [6, 6.07) is 6.32. The van der Waals surface area contributed by atoms with E-state index in [-0.39, 0.29) is 5.82 Å². The molecule has 16 heavy (non-hydrogen) atoms. The Morgan fingerprint density at radius 1 is 1.19 bits per heavy atom. The fourth-order valence-corrected chi connectivity index (χ4v) is 2.03. The molecule has 1 aromatic rings. The van der Waals surface area contributed by atoms with Crippen LogP contribution in [0, 0.1) is 5.82 Å². The topological polar surface area (TPSA) is 12.5 Å². The number of nitrogens with zero attached hydrogens (tertiary/aromatic N) is 1. The van der Waals surface area contributed by atoms with Crippen LogP contribution in [0.5, 0.6) is 5.75 Å². The molecule has 0 bridgehead atoms. The average Bonchev–Trinajstić information content (AvgIpc) is 2.30. The molecule has 1 saturated heterocycles. The Morgan fingerprint density at radius 2 is 2.00 bits per heavy atom. The van der Waals surface area contributed by atoms with Crippen LogP contribution in [0.25, 0.3) is 0 Å². The van der Waals surface area contributed by atoms with Crippen LogP contribution < -0.4 is 4.74 Å². The van der Waals surface area contributed by atoms with Crippen LogP contribution in [0.4, 0.5) is 4.39 Å². The molecule has 2 rings (SSSR count). The molecule has 1 heterocycles. The smallest absolute Gasteiger partial charge is 0.126 e. The van der Waals surface area contributed by atoms with E-state index in [1.807, 2.05) is 0 Å². The summed E-state index contributed by atoms with van der Waals surface area (Å²) in [6.07, 6.45) is 3.93. The molecular formula is C13H18FNO. The third-order valence-corrected chi connectivity index (χ3v) is 2.92. The maximum atomic E-state index is 12.9. The molecule has 1 aromatic carbocycles. The number of hydrogen-bond donors (Lipinski definition) is 0. The van der Waals surface area contributed by atoms with Gasteiger partial charge >= 0.3 is 0 Å². The van der Waals surface area contributed by atoms with Crippen LogP contribution >= 0.6 is 0 Å². The van der Waals surface area contributed by atoms with E-state index in [0.29, 0.717) is 12.4 Å². The Morgan fingerprint density at radius 3 is 2.75 bits per heavy atom. The minimum atomic E-state index is -0.240. The van der Waals surface area contributed by atoms with Gasteiger partial charge in [0.05, 0.1) is 0 Å². The van der Waals surface area contributed by atoms with Gasteiger partial charge in [0.25, 0.3) is 0 Å². The van der Waals surface area contributed by atoms with Crippen molar-refractivity contribution in [1.82, 2.24) is 4.90 Å². The van der Waals surface area contributed by atoms with Crippen LogP contribution in [0.1, 0.15) is 19.3 Å². The van der Waals surface area contributed by atoms with Crippen molar-refractivity contribution >= 4 is 0 Å². The van der Waals surface area contributed by atoms with Crippen molar-refractivity contribution in [1.29, 1.82) is 0 Å². The summed E-state index contributed by atoms with van der Waals surface area (Å²) in [4.78, 5) is 2.41. The van der Waals surface area contributed by atoms with Crippen molar-refractivity contribution in [2.24, 2.45) is 0 Å². The van der Waals surface area contributed by atoms with Gasteiger partial charge in [0.1, 0.15) is 18.2 Å². The van der Waals surface area contributed by atoms with E-state index in [2.05, 4.69) is 4.90 Å². The van der Waals surface area contributed by atoms with Gasteiger partial charge in [-0.3, -0.25) is 4.90 Å². The monoisotopic (exact) mass is 223 g/mol. The fraction of sp³-hybridized carbons (Fsp3) is 0.538. The maximum absolute atomic E-state index is 12.9. The van der Waals surface area contributed by atoms with Gasteiger partial charge in [-0.2, -0.15) is 0 Å². The van der Waals surface area contributed by atoms with Crippen molar-refractivity contribution in [3.63, 3.8) is 0 Å². The van der Waals surface area contributed by atoms with Crippen LogP contribution in [0.2, 0.25) is 0 Å². The minimum Gasteiger partial charge on any atom is -0.492 e. The number of piperidine rings is 1. The van der Waals surface area contributed by atoms with Crippen LogP contribution in [0.15, 0.2) is 24.3 Å². The molecule has 2 nitrogen and oxygen atoms in total. The van der Waals surface area contributed by atoms with E-state index in [1.54, 1.807) is 12.1 Å². The predicted octanol–water partition coefficient (Wildman–Crippen LogP) is 2.69. The minimum absolute atomic E-state index is 0.240. The Hall–Kier alpha value is -1.09. The molecule has 0 aromatic heterocycles. The van der Waals surface area contributed by atoms with Crippen molar-refractivity contribution in [2.45, 2.75) is 19.3 Å². The van der Waals surface area contributed by atoms with Gasteiger partial charge in [-0.15, -0.1) is 0 Å². The zero-order chi connectivity index (χ0) is 11.2. The van der Waals surface area contributed by atoms with Gasteiger partial charge in [0.15, 0.2) is 0 Å². The van der Waals surface area contributed by atoms with Crippen molar-refractivity contribution in [3.05, 3.63) is 30.1 Å². The summed E-state index contributed by atoms with van der Waals surface area (Å²) < 4.78 is 18.4. The molecular weight excluding hydrogens is 205 g/mol. The lowest BCUT2D eigenvalue weighted by Crippen LogP contribution is -2.33. The molecule has 0 atom stereocenters. The molecule has 0 aliphatic carbocycles. The van der Waals surface area contributed by atoms with E-state index >= 15 is 0 Å². The van der Waals surface area contributed by atoms with Gasteiger partial charge < -0.3 is 4.74 Å². The summed E-state index contributed by atoms with van der Waals surface area (Å²) in [5.41, 5.74) is 0. The summed E-state index contributed by atoms with van der Waals surface area (Å²) >= 11 is 0. The Kier molecular flexibility index (Phi) is 4.17. The molecule has 0 saturated carbocycles. The van der Waals surface area contributed by atoms with E-state index in [9.17, 15) is 4.39 Å². The third-order valence-electron chi connectivity index (χ3n) is 2.92. The zero-order valence-corrected chi connectivity index (χ0v) is 9.49. The van der Waals surface area contributed by atoms with Gasteiger partial charge in [-0.25, -0.2) is 4.39 Å². The van der Waals surface area contributed by atoms with Crippen molar-refractivity contribution in [3.8, 4) is 5.75 Å². The molecule has 1 fully saturated rings. The van der Waals surface area contributed by atoms with Gasteiger partial charge in [0, 0.05) is 12.6 Å². The van der Waals surface area contributed by atoms with Gasteiger partial charge in [-0.05, 0) is 38.1 Å². The number of rotatable bonds is 4. The second kappa shape index (κ2) is 5.85. The van der Waals surface area contributed by atoms with E-state index < -0.39 is 0 Å². The number of hydrogen-bond acceptors (Lipinski definition) is 2.